The van der Waals surface area contributed by atoms with E-state index in [0.29, 0.717) is 10.9 Å². The first kappa shape index (κ1) is 20.5. The van der Waals surface area contributed by atoms with Crippen LogP contribution in [-0.4, -0.2) is 44.3 Å². The van der Waals surface area contributed by atoms with E-state index < -0.39 is 11.7 Å². The van der Waals surface area contributed by atoms with E-state index in [1.165, 1.54) is 0 Å². The molecule has 166 valence electrons. The summed E-state index contributed by atoms with van der Waals surface area (Å²) in [6.07, 6.45) is 1.49. The topological polar surface area (TPSA) is 94.3 Å². The number of aromatic nitrogens is 5. The lowest BCUT2D eigenvalue weighted by atomic mass is 10.0. The van der Waals surface area contributed by atoms with Crippen molar-refractivity contribution < 1.29 is 13.2 Å². The number of halogens is 3. The largest absolute Gasteiger partial charge is 0.419 e. The van der Waals surface area contributed by atoms with Crippen LogP contribution in [-0.2, 0) is 6.18 Å². The Balaban J connectivity index is 1.57. The van der Waals surface area contributed by atoms with Gasteiger partial charge in [-0.2, -0.15) is 18.3 Å². The lowest BCUT2D eigenvalue weighted by molar-refractivity contribution is -0.137. The Morgan fingerprint density at radius 3 is 2.75 bits per heavy atom. The van der Waals surface area contributed by atoms with Gasteiger partial charge in [0, 0.05) is 52.7 Å². The van der Waals surface area contributed by atoms with E-state index in [1.807, 2.05) is 25.1 Å². The highest BCUT2D eigenvalue weighted by atomic mass is 19.4. The Hall–Kier alpha value is -3.40. The molecule has 7 nitrogen and oxygen atoms in total. The molecular weight excluding hydrogens is 419 g/mol. The molecule has 4 N–H and O–H groups in total. The van der Waals surface area contributed by atoms with Crippen molar-refractivity contribution in [1.82, 2.24) is 30.5 Å². The first-order chi connectivity index (χ1) is 15.4. The number of hydrogen-bond acceptors (Lipinski definition) is 5. The zero-order valence-corrected chi connectivity index (χ0v) is 17.3. The predicted octanol–water partition coefficient (Wildman–Crippen LogP) is 4.51. The van der Waals surface area contributed by atoms with Crippen molar-refractivity contribution in [1.29, 1.82) is 0 Å². The lowest BCUT2D eigenvalue weighted by Gasteiger charge is -2.24. The van der Waals surface area contributed by atoms with E-state index in [4.69, 9.17) is 0 Å². The summed E-state index contributed by atoms with van der Waals surface area (Å²) in [5, 5.41) is 14.0. The first-order valence-electron chi connectivity index (χ1n) is 10.4. The maximum absolute atomic E-state index is 13.8. The fourth-order valence-electron chi connectivity index (χ4n) is 4.15. The van der Waals surface area contributed by atoms with Crippen molar-refractivity contribution in [2.45, 2.75) is 32.0 Å². The second-order valence-corrected chi connectivity index (χ2v) is 8.01. The van der Waals surface area contributed by atoms with E-state index >= 15 is 0 Å². The molecule has 1 aromatic carbocycles. The highest BCUT2D eigenvalue weighted by Crippen LogP contribution is 2.39. The average molecular weight is 441 g/mol. The predicted molar refractivity (Wildman–Crippen MR) is 116 cm³/mol. The summed E-state index contributed by atoms with van der Waals surface area (Å²) in [6.45, 7) is 3.58. The number of aromatic amines is 2. The van der Waals surface area contributed by atoms with Gasteiger partial charge in [-0.25, -0.2) is 9.97 Å². The van der Waals surface area contributed by atoms with Crippen LogP contribution >= 0.6 is 0 Å². The summed E-state index contributed by atoms with van der Waals surface area (Å²) in [6, 6.07) is 5.66. The Morgan fingerprint density at radius 1 is 1.16 bits per heavy atom. The Labute approximate surface area is 181 Å². The normalized spacial score (nSPS) is 17.1. The number of anilines is 1. The molecule has 3 aromatic heterocycles. The quantitative estimate of drug-likeness (QED) is 0.374. The molecule has 1 saturated heterocycles. The standard InChI is InChI=1S/C22H22F3N7/c1-12-16(10-29-32-12)13-4-5-15-17(9-27-19(15)7-13)20-18(22(23,24)25)11-28-21(31-20)30-14-3-2-6-26-8-14/h4-5,7,9-11,14,26-27H,2-3,6,8H2,1H3,(H,29,32)(H,28,30,31)/t14-/m0/s1. The number of fused-ring (bicyclic) bond motifs is 1. The maximum Gasteiger partial charge on any atom is 0.419 e. The molecule has 0 radical (unpaired) electrons. The second-order valence-electron chi connectivity index (χ2n) is 8.01. The van der Waals surface area contributed by atoms with Crippen LogP contribution in [0.1, 0.15) is 24.1 Å². The molecule has 0 saturated carbocycles. The van der Waals surface area contributed by atoms with Crippen LogP contribution in [0.15, 0.2) is 36.8 Å². The monoisotopic (exact) mass is 441 g/mol. The number of hydrogen-bond donors (Lipinski definition) is 4. The molecule has 4 heterocycles. The number of nitrogens with one attached hydrogen (secondary N) is 4. The smallest absolute Gasteiger partial charge is 0.360 e. The molecule has 5 rings (SSSR count). The molecule has 0 aliphatic carbocycles. The highest BCUT2D eigenvalue weighted by Gasteiger charge is 2.36. The second kappa shape index (κ2) is 7.94. The highest BCUT2D eigenvalue weighted by molar-refractivity contribution is 5.97. The molecule has 0 amide bonds. The molecule has 0 unspecified atom stereocenters. The van der Waals surface area contributed by atoms with Gasteiger partial charge in [0.2, 0.25) is 5.95 Å². The molecule has 1 fully saturated rings. The van der Waals surface area contributed by atoms with Crippen LogP contribution in [0.25, 0.3) is 33.3 Å². The summed E-state index contributed by atoms with van der Waals surface area (Å²) < 4.78 is 41.4. The van der Waals surface area contributed by atoms with Gasteiger partial charge in [-0.05, 0) is 37.9 Å². The van der Waals surface area contributed by atoms with Gasteiger partial charge in [-0.1, -0.05) is 12.1 Å². The Bertz CT molecular complexity index is 1250. The summed E-state index contributed by atoms with van der Waals surface area (Å²) in [7, 11) is 0. The molecule has 1 aliphatic heterocycles. The number of H-pyrrole nitrogens is 2. The van der Waals surface area contributed by atoms with Crippen molar-refractivity contribution in [2.24, 2.45) is 0 Å². The zero-order valence-electron chi connectivity index (χ0n) is 17.3. The molecule has 0 bridgehead atoms. The minimum atomic E-state index is -4.57. The van der Waals surface area contributed by atoms with E-state index in [2.05, 4.69) is 35.8 Å². The number of rotatable bonds is 4. The molecule has 32 heavy (non-hydrogen) atoms. The van der Waals surface area contributed by atoms with Crippen molar-refractivity contribution in [2.75, 3.05) is 18.4 Å². The van der Waals surface area contributed by atoms with Crippen molar-refractivity contribution in [3.05, 3.63) is 48.0 Å². The fourth-order valence-corrected chi connectivity index (χ4v) is 4.15. The number of nitrogens with zero attached hydrogens (tertiary/aromatic N) is 3. The van der Waals surface area contributed by atoms with Crippen molar-refractivity contribution in [3.63, 3.8) is 0 Å². The summed E-state index contributed by atoms with van der Waals surface area (Å²) in [5.74, 6) is 0.196. The summed E-state index contributed by atoms with van der Waals surface area (Å²) >= 11 is 0. The van der Waals surface area contributed by atoms with Gasteiger partial charge in [-0.3, -0.25) is 5.10 Å². The van der Waals surface area contributed by atoms with Crippen LogP contribution in [0, 0.1) is 6.92 Å². The van der Waals surface area contributed by atoms with Crippen molar-refractivity contribution in [3.8, 4) is 22.4 Å². The summed E-state index contributed by atoms with van der Waals surface area (Å²) in [5.41, 5.74) is 2.87. The number of aryl methyl sites for hydroxylation is 1. The molecular formula is C22H22F3N7. The number of piperidine rings is 1. The first-order valence-corrected chi connectivity index (χ1v) is 10.4. The van der Waals surface area contributed by atoms with Gasteiger partial charge in [-0.15, -0.1) is 0 Å². The van der Waals surface area contributed by atoms with Crippen molar-refractivity contribution >= 4 is 16.9 Å². The fraction of sp³-hybridized carbons (Fsp3) is 0.318. The minimum absolute atomic E-state index is 0.0806. The Morgan fingerprint density at radius 2 is 2.03 bits per heavy atom. The number of benzene rings is 1. The van der Waals surface area contributed by atoms with Crippen LogP contribution in [0.2, 0.25) is 0 Å². The maximum atomic E-state index is 13.8. The summed E-state index contributed by atoms with van der Waals surface area (Å²) in [4.78, 5) is 11.4. The van der Waals surface area contributed by atoms with Gasteiger partial charge < -0.3 is 15.6 Å². The van der Waals surface area contributed by atoms with E-state index in [9.17, 15) is 13.2 Å². The lowest BCUT2D eigenvalue weighted by Crippen LogP contribution is -2.38. The third-order valence-electron chi connectivity index (χ3n) is 5.80. The average Bonchev–Trinajstić information content (AvgIpc) is 3.39. The van der Waals surface area contributed by atoms with Crippen LogP contribution in [0.4, 0.5) is 19.1 Å². The Kier molecular flexibility index (Phi) is 5.09. The van der Waals surface area contributed by atoms with Gasteiger partial charge in [0.25, 0.3) is 0 Å². The third-order valence-corrected chi connectivity index (χ3v) is 5.80. The molecule has 10 heteroatoms. The van der Waals surface area contributed by atoms with E-state index in [1.54, 1.807) is 12.4 Å². The van der Waals surface area contributed by atoms with Crippen LogP contribution in [0.5, 0.6) is 0 Å². The third kappa shape index (κ3) is 3.81. The number of alkyl halides is 3. The van der Waals surface area contributed by atoms with Gasteiger partial charge in [0.05, 0.1) is 11.9 Å². The molecule has 0 spiro atoms. The van der Waals surface area contributed by atoms with Gasteiger partial charge in [0.1, 0.15) is 5.56 Å². The van der Waals surface area contributed by atoms with E-state index in [-0.39, 0.29) is 17.7 Å². The van der Waals surface area contributed by atoms with Crippen LogP contribution in [0.3, 0.4) is 0 Å². The SMILES string of the molecule is Cc1[nH]ncc1-c1ccc2c(-c3nc(N[C@H]4CCCNC4)ncc3C(F)(F)F)c[nH]c2c1. The minimum Gasteiger partial charge on any atom is -0.360 e. The zero-order chi connectivity index (χ0) is 22.3. The molecule has 4 aromatic rings. The molecule has 1 aliphatic rings. The van der Waals surface area contributed by atoms with Gasteiger partial charge in [0.15, 0.2) is 0 Å². The molecule has 1 atom stereocenters. The van der Waals surface area contributed by atoms with Crippen LogP contribution < -0.4 is 10.6 Å². The van der Waals surface area contributed by atoms with E-state index in [0.717, 1.165) is 54.5 Å². The van der Waals surface area contributed by atoms with Gasteiger partial charge >= 0.3 is 6.18 Å².